The Hall–Kier alpha value is -7.96. The van der Waals surface area contributed by atoms with E-state index in [4.69, 9.17) is 4.55 Å². The summed E-state index contributed by atoms with van der Waals surface area (Å²) in [6.45, 7) is 3.07. The summed E-state index contributed by atoms with van der Waals surface area (Å²) in [5.74, 6) is -5.84. The number of hydrogen-bond acceptors (Lipinski definition) is 21. The Balaban J connectivity index is 1.46. The molecule has 0 atom stereocenters. The van der Waals surface area contributed by atoms with Crippen LogP contribution in [0.4, 0.5) is 56.9 Å². The molecule has 350 valence electrons. The number of sulfone groups is 1. The van der Waals surface area contributed by atoms with Gasteiger partial charge >= 0.3 is 16.4 Å². The number of aromatic carboxylic acids is 1. The van der Waals surface area contributed by atoms with Gasteiger partial charge in [0.15, 0.2) is 21.3 Å². The first-order chi connectivity index (χ1) is 31.3. The third kappa shape index (κ3) is 13.5. The van der Waals surface area contributed by atoms with E-state index in [2.05, 4.69) is 55.7 Å². The smallest absolute Gasteiger partial charge is 0.397 e. The van der Waals surface area contributed by atoms with Crippen molar-refractivity contribution in [3.63, 3.8) is 0 Å². The summed E-state index contributed by atoms with van der Waals surface area (Å²) < 4.78 is 93.9. The second kappa shape index (κ2) is 20.5. The molecule has 0 saturated carbocycles. The lowest BCUT2D eigenvalue weighted by molar-refractivity contribution is -0.115. The van der Waals surface area contributed by atoms with Crippen LogP contribution in [0.15, 0.2) is 130 Å². The van der Waals surface area contributed by atoms with Gasteiger partial charge in [-0.05, 0) is 85.3 Å². The molecule has 0 aliphatic heterocycles. The standard InChI is InChI=1S/C38H34N10O16S3/c1-19-4-8-28(32(51)14-19)45-43-26-9-5-22(15-30(26)39-20(2)49)41-47-35-25(38(54)55)18-33(52)36(37(35)53)48-42-23-6-10-27(31(16-23)40-21(3)50)44-46-29-11-7-24(17-34(29)66(58,59)60)65(56,57)13-12-64-67(61,62)63/h4-11,14-18,51-53H,12-13H2,1-3H3,(H,39,49)(H,40,50)(H,54,55)(H,58,59,60)(H,61,62,63). The molecule has 0 spiro atoms. The number of azo groups is 4. The maximum atomic E-state index is 12.7. The van der Waals surface area contributed by atoms with Gasteiger partial charge in [0.2, 0.25) is 11.8 Å². The summed E-state index contributed by atoms with van der Waals surface area (Å²) in [7, 11) is -14.6. The van der Waals surface area contributed by atoms with Gasteiger partial charge in [-0.15, -0.1) is 30.7 Å². The number of phenols is 3. The second-order valence-corrected chi connectivity index (χ2v) is 18.1. The van der Waals surface area contributed by atoms with Gasteiger partial charge in [-0.25, -0.2) is 17.4 Å². The van der Waals surface area contributed by atoms with Gasteiger partial charge in [0.05, 0.1) is 45.6 Å². The molecule has 8 N–H and O–H groups in total. The number of carbonyl (C=O) groups excluding carboxylic acids is 2. The SMILES string of the molecule is CC(=O)Nc1cc(N=Nc2c(C(=O)O)cc(O)c(N=Nc3ccc(N=Nc4ccc(S(=O)(=O)CCOS(=O)(=O)O)cc4S(=O)(=O)O)c(NC(C)=O)c3)c2O)ccc1N=Nc1ccc(C)cc1O. The van der Waals surface area contributed by atoms with Gasteiger partial charge < -0.3 is 31.1 Å². The third-order valence-corrected chi connectivity index (χ3v) is 11.4. The fourth-order valence-electron chi connectivity index (χ4n) is 5.42. The number of anilines is 2. The van der Waals surface area contributed by atoms with Crippen molar-refractivity contribution in [3.8, 4) is 17.2 Å². The predicted octanol–water partition coefficient (Wildman–Crippen LogP) is 8.23. The molecule has 0 aromatic heterocycles. The van der Waals surface area contributed by atoms with Crippen LogP contribution < -0.4 is 10.6 Å². The summed E-state index contributed by atoms with van der Waals surface area (Å²) in [5, 5.41) is 78.2. The zero-order chi connectivity index (χ0) is 49.4. The molecule has 67 heavy (non-hydrogen) atoms. The van der Waals surface area contributed by atoms with Crippen molar-refractivity contribution in [2.24, 2.45) is 40.9 Å². The van der Waals surface area contributed by atoms with Gasteiger partial charge in [0.25, 0.3) is 10.1 Å². The molecule has 0 fully saturated rings. The van der Waals surface area contributed by atoms with Gasteiger partial charge in [0, 0.05) is 13.8 Å². The molecule has 5 rings (SSSR count). The second-order valence-electron chi connectivity index (χ2n) is 13.5. The average molecular weight is 983 g/mol. The van der Waals surface area contributed by atoms with Crippen LogP contribution in [0, 0.1) is 6.92 Å². The molecule has 5 aromatic rings. The number of rotatable bonds is 17. The fourth-order valence-corrected chi connectivity index (χ4v) is 7.65. The summed E-state index contributed by atoms with van der Waals surface area (Å²) in [6.07, 6.45) is 0. The summed E-state index contributed by atoms with van der Waals surface area (Å²) in [6, 6.07) is 15.3. The van der Waals surface area contributed by atoms with E-state index in [-0.39, 0.29) is 45.6 Å². The maximum Gasteiger partial charge on any atom is 0.397 e. The number of carbonyl (C=O) groups is 3. The molecule has 29 heteroatoms. The minimum Gasteiger partial charge on any atom is -0.506 e. The van der Waals surface area contributed by atoms with Crippen molar-refractivity contribution in [1.82, 2.24) is 0 Å². The largest absolute Gasteiger partial charge is 0.506 e. The molecule has 5 aromatic carbocycles. The van der Waals surface area contributed by atoms with Gasteiger partial charge in [-0.3, -0.25) is 18.7 Å². The topological polar surface area (TPSA) is 407 Å². The fraction of sp³-hybridized carbons (Fsp3) is 0.132. The molecule has 0 aliphatic rings. The Morgan fingerprint density at radius 1 is 0.597 bits per heavy atom. The first-order valence-electron chi connectivity index (χ1n) is 18.4. The zero-order valence-corrected chi connectivity index (χ0v) is 36.9. The summed E-state index contributed by atoms with van der Waals surface area (Å²) in [5.41, 5.74) is -1.94. The Morgan fingerprint density at radius 3 is 1.61 bits per heavy atom. The summed E-state index contributed by atoms with van der Waals surface area (Å²) >= 11 is 0. The van der Waals surface area contributed by atoms with Crippen molar-refractivity contribution in [1.29, 1.82) is 0 Å². The van der Waals surface area contributed by atoms with E-state index in [0.29, 0.717) is 12.1 Å². The van der Waals surface area contributed by atoms with E-state index >= 15 is 0 Å². The molecule has 0 aliphatic carbocycles. The van der Waals surface area contributed by atoms with E-state index in [0.717, 1.165) is 30.7 Å². The quantitative estimate of drug-likeness (QED) is 0.0321. The zero-order valence-electron chi connectivity index (χ0n) is 34.5. The number of phenolic OH excluding ortho intramolecular Hbond substituents is 3. The van der Waals surface area contributed by atoms with Crippen LogP contribution in [0.5, 0.6) is 17.2 Å². The first kappa shape index (κ1) is 50.0. The van der Waals surface area contributed by atoms with Crippen molar-refractivity contribution < 1.29 is 73.4 Å². The predicted molar refractivity (Wildman–Crippen MR) is 234 cm³/mol. The van der Waals surface area contributed by atoms with E-state index in [1.54, 1.807) is 13.0 Å². The monoisotopic (exact) mass is 982 g/mol. The average Bonchev–Trinajstić information content (AvgIpc) is 3.21. The summed E-state index contributed by atoms with van der Waals surface area (Å²) in [4.78, 5) is 34.5. The van der Waals surface area contributed by atoms with Crippen LogP contribution in [0.3, 0.4) is 0 Å². The number of carboxylic acid groups (broad SMARTS) is 1. The number of hydrogen-bond donors (Lipinski definition) is 8. The Kier molecular flexibility index (Phi) is 15.3. The number of nitrogens with one attached hydrogen (secondary N) is 2. The number of amides is 2. The van der Waals surface area contributed by atoms with Crippen LogP contribution in [0.25, 0.3) is 0 Å². The van der Waals surface area contributed by atoms with Crippen LogP contribution in [0.2, 0.25) is 0 Å². The Labute approximate surface area is 378 Å². The molecular formula is C38H34N10O16S3. The number of aryl methyl sites for hydroxylation is 1. The van der Waals surface area contributed by atoms with Crippen LogP contribution in [-0.2, 0) is 44.1 Å². The minimum absolute atomic E-state index is 0.0109. The molecule has 0 heterocycles. The lowest BCUT2D eigenvalue weighted by Gasteiger charge is -2.09. The Bertz CT molecular complexity index is 3290. The van der Waals surface area contributed by atoms with Crippen molar-refractivity contribution in [3.05, 3.63) is 90.0 Å². The van der Waals surface area contributed by atoms with E-state index in [9.17, 15) is 64.6 Å². The number of carboxylic acids is 1. The number of aromatic hydroxyl groups is 3. The highest BCUT2D eigenvalue weighted by atomic mass is 32.3. The third-order valence-electron chi connectivity index (χ3n) is 8.38. The molecule has 0 unspecified atom stereocenters. The van der Waals surface area contributed by atoms with Gasteiger partial charge in [-0.1, -0.05) is 6.07 Å². The van der Waals surface area contributed by atoms with Crippen molar-refractivity contribution in [2.75, 3.05) is 23.0 Å². The highest BCUT2D eigenvalue weighted by Crippen LogP contribution is 2.47. The molecule has 0 saturated heterocycles. The Morgan fingerprint density at radius 2 is 1.10 bits per heavy atom. The van der Waals surface area contributed by atoms with Crippen LogP contribution in [-0.4, -0.2) is 84.9 Å². The van der Waals surface area contributed by atoms with Crippen LogP contribution in [0.1, 0.15) is 29.8 Å². The molecule has 26 nitrogen and oxygen atoms in total. The molecular weight excluding hydrogens is 949 g/mol. The van der Waals surface area contributed by atoms with Gasteiger partial charge in [-0.2, -0.15) is 27.1 Å². The normalized spacial score (nSPS) is 12.4. The first-order valence-corrected chi connectivity index (χ1v) is 22.9. The van der Waals surface area contributed by atoms with Crippen LogP contribution >= 0.6 is 0 Å². The minimum atomic E-state index is -5.18. The maximum absolute atomic E-state index is 12.7. The number of nitrogens with zero attached hydrogens (tertiary/aromatic N) is 8. The van der Waals surface area contributed by atoms with E-state index in [1.165, 1.54) is 49.4 Å². The van der Waals surface area contributed by atoms with E-state index in [1.807, 2.05) is 0 Å². The van der Waals surface area contributed by atoms with Crippen molar-refractivity contribution in [2.45, 2.75) is 30.6 Å². The highest BCUT2D eigenvalue weighted by Gasteiger charge is 2.24. The number of benzene rings is 5. The highest BCUT2D eigenvalue weighted by molar-refractivity contribution is 7.91. The van der Waals surface area contributed by atoms with Crippen molar-refractivity contribution >= 4 is 105 Å². The lowest BCUT2D eigenvalue weighted by Crippen LogP contribution is -2.16. The lowest BCUT2D eigenvalue weighted by atomic mass is 10.1. The van der Waals surface area contributed by atoms with E-state index < -0.39 is 104 Å². The molecule has 2 amide bonds. The molecule has 0 radical (unpaired) electrons. The molecule has 0 bridgehead atoms. The van der Waals surface area contributed by atoms with Gasteiger partial charge in [0.1, 0.15) is 44.8 Å².